The second-order valence-corrected chi connectivity index (χ2v) is 6.08. The number of benzene rings is 1. The third-order valence-electron chi connectivity index (χ3n) is 2.97. The highest BCUT2D eigenvalue weighted by Gasteiger charge is 2.24. The maximum absolute atomic E-state index is 13.0. The van der Waals surface area contributed by atoms with E-state index in [1.807, 2.05) is 0 Å². The molecule has 1 aromatic heterocycles. The lowest BCUT2D eigenvalue weighted by Gasteiger charge is -2.10. The van der Waals surface area contributed by atoms with Gasteiger partial charge in [-0.25, -0.2) is 12.8 Å². The molecule has 0 radical (unpaired) electrons. The molecule has 0 aliphatic carbocycles. The van der Waals surface area contributed by atoms with E-state index in [1.54, 1.807) is 20.9 Å². The van der Waals surface area contributed by atoms with Gasteiger partial charge in [-0.1, -0.05) is 0 Å². The molecule has 1 heterocycles. The summed E-state index contributed by atoms with van der Waals surface area (Å²) in [7, 11) is -2.16. The number of halogens is 1. The van der Waals surface area contributed by atoms with Gasteiger partial charge in [-0.2, -0.15) is 5.10 Å². The zero-order valence-electron chi connectivity index (χ0n) is 11.3. The molecule has 0 unspecified atom stereocenters. The molecular formula is C12H15FN4O2S. The molecule has 8 heteroatoms. The number of hydrogen-bond donors (Lipinski definition) is 2. The molecule has 0 spiro atoms. The lowest BCUT2D eigenvalue weighted by Crippen LogP contribution is -2.16. The fourth-order valence-electron chi connectivity index (χ4n) is 1.97. The molecule has 0 atom stereocenters. The molecule has 108 valence electrons. The second kappa shape index (κ2) is 4.78. The Bertz CT molecular complexity index is 768. The zero-order valence-corrected chi connectivity index (χ0v) is 12.1. The van der Waals surface area contributed by atoms with Crippen LogP contribution in [0.25, 0.3) is 0 Å². The van der Waals surface area contributed by atoms with E-state index < -0.39 is 15.8 Å². The fraction of sp³-hybridized carbons (Fsp3) is 0.250. The van der Waals surface area contributed by atoms with Gasteiger partial charge < -0.3 is 5.73 Å². The maximum atomic E-state index is 13.0. The predicted molar refractivity (Wildman–Crippen MR) is 74.3 cm³/mol. The minimum Gasteiger partial charge on any atom is -0.397 e. The Morgan fingerprint density at radius 2 is 2.00 bits per heavy atom. The molecule has 2 aromatic rings. The first-order valence-electron chi connectivity index (χ1n) is 5.80. The normalized spacial score (nSPS) is 11.6. The molecule has 0 amide bonds. The first kappa shape index (κ1) is 14.3. The number of aromatic nitrogens is 2. The van der Waals surface area contributed by atoms with Crippen LogP contribution in [0.5, 0.6) is 0 Å². The largest absolute Gasteiger partial charge is 0.397 e. The summed E-state index contributed by atoms with van der Waals surface area (Å²) in [4.78, 5) is 0.101. The van der Waals surface area contributed by atoms with Crippen LogP contribution in [0.2, 0.25) is 0 Å². The van der Waals surface area contributed by atoms with Crippen LogP contribution < -0.4 is 10.5 Å². The van der Waals surface area contributed by atoms with E-state index in [0.717, 1.165) is 12.1 Å². The van der Waals surface area contributed by atoms with Crippen molar-refractivity contribution in [2.75, 3.05) is 10.5 Å². The van der Waals surface area contributed by atoms with Crippen molar-refractivity contribution < 1.29 is 12.8 Å². The minimum absolute atomic E-state index is 0.0211. The summed E-state index contributed by atoms with van der Waals surface area (Å²) < 4.78 is 41.6. The Morgan fingerprint density at radius 1 is 1.35 bits per heavy atom. The molecule has 20 heavy (non-hydrogen) atoms. The quantitative estimate of drug-likeness (QED) is 0.841. The number of sulfonamides is 1. The Morgan fingerprint density at radius 3 is 2.50 bits per heavy atom. The molecule has 6 nitrogen and oxygen atoms in total. The van der Waals surface area contributed by atoms with Crippen molar-refractivity contribution in [1.29, 1.82) is 0 Å². The van der Waals surface area contributed by atoms with Crippen LogP contribution in [-0.2, 0) is 17.1 Å². The summed E-state index contributed by atoms with van der Waals surface area (Å²) in [6.45, 7) is 3.26. The summed E-state index contributed by atoms with van der Waals surface area (Å²) in [5.74, 6) is -0.529. The highest BCUT2D eigenvalue weighted by molar-refractivity contribution is 7.92. The highest BCUT2D eigenvalue weighted by Crippen LogP contribution is 2.25. The Hall–Kier alpha value is -2.09. The van der Waals surface area contributed by atoms with E-state index in [9.17, 15) is 12.8 Å². The van der Waals surface area contributed by atoms with Gasteiger partial charge in [0.05, 0.1) is 22.8 Å². The van der Waals surface area contributed by atoms with Crippen LogP contribution in [0.3, 0.4) is 0 Å². The first-order chi connectivity index (χ1) is 9.22. The van der Waals surface area contributed by atoms with Crippen LogP contribution in [-0.4, -0.2) is 18.2 Å². The van der Waals surface area contributed by atoms with Gasteiger partial charge in [-0.05, 0) is 32.0 Å². The van der Waals surface area contributed by atoms with Gasteiger partial charge in [0.15, 0.2) is 0 Å². The number of hydrogen-bond acceptors (Lipinski definition) is 4. The summed E-state index contributed by atoms with van der Waals surface area (Å²) >= 11 is 0. The van der Waals surface area contributed by atoms with E-state index in [0.29, 0.717) is 11.4 Å². The van der Waals surface area contributed by atoms with Crippen molar-refractivity contribution in [2.45, 2.75) is 18.7 Å². The SMILES string of the molecule is Cc1nn(C)c(C)c1S(=O)(=O)Nc1ccc(F)cc1N. The minimum atomic E-state index is -3.82. The smallest absolute Gasteiger partial charge is 0.265 e. The summed E-state index contributed by atoms with van der Waals surface area (Å²) in [6, 6.07) is 3.47. The van der Waals surface area contributed by atoms with Crippen LogP contribution in [0.15, 0.2) is 23.1 Å². The third-order valence-corrected chi connectivity index (χ3v) is 4.59. The predicted octanol–water partition coefficient (Wildman–Crippen LogP) is 1.56. The lowest BCUT2D eigenvalue weighted by molar-refractivity contribution is 0.599. The van der Waals surface area contributed by atoms with Gasteiger partial charge in [0.1, 0.15) is 10.7 Å². The number of nitrogens with two attached hydrogens (primary N) is 1. The average Bonchev–Trinajstić information content (AvgIpc) is 2.57. The zero-order chi connectivity index (χ0) is 15.1. The lowest BCUT2D eigenvalue weighted by atomic mass is 10.3. The van der Waals surface area contributed by atoms with Crippen LogP contribution in [0.4, 0.5) is 15.8 Å². The Labute approximate surface area is 116 Å². The van der Waals surface area contributed by atoms with E-state index in [-0.39, 0.29) is 16.3 Å². The van der Waals surface area contributed by atoms with Crippen molar-refractivity contribution in [3.05, 3.63) is 35.4 Å². The molecule has 0 saturated carbocycles. The monoisotopic (exact) mass is 298 g/mol. The first-order valence-corrected chi connectivity index (χ1v) is 7.28. The summed E-state index contributed by atoms with van der Waals surface area (Å²) in [6.07, 6.45) is 0. The maximum Gasteiger partial charge on any atom is 0.265 e. The van der Waals surface area contributed by atoms with Gasteiger partial charge in [0.2, 0.25) is 0 Å². The Balaban J connectivity index is 2.46. The summed E-state index contributed by atoms with van der Waals surface area (Å²) in [5, 5.41) is 4.06. The third kappa shape index (κ3) is 2.46. The van der Waals surface area contributed by atoms with Crippen molar-refractivity contribution in [2.24, 2.45) is 7.05 Å². The molecule has 0 saturated heterocycles. The molecular weight excluding hydrogens is 283 g/mol. The molecule has 3 N–H and O–H groups in total. The molecule has 2 rings (SSSR count). The van der Waals surface area contributed by atoms with Gasteiger partial charge >= 0.3 is 0 Å². The average molecular weight is 298 g/mol. The Kier molecular flexibility index (Phi) is 3.43. The highest BCUT2D eigenvalue weighted by atomic mass is 32.2. The van der Waals surface area contributed by atoms with Gasteiger partial charge in [0.25, 0.3) is 10.0 Å². The van der Waals surface area contributed by atoms with Crippen LogP contribution >= 0.6 is 0 Å². The van der Waals surface area contributed by atoms with Gasteiger partial charge in [-0.15, -0.1) is 0 Å². The van der Waals surface area contributed by atoms with Crippen molar-refractivity contribution in [3.8, 4) is 0 Å². The van der Waals surface area contributed by atoms with E-state index in [1.165, 1.54) is 10.7 Å². The number of nitrogens with one attached hydrogen (secondary N) is 1. The standard InChI is InChI=1S/C12H15FN4O2S/c1-7-12(8(2)17(3)15-7)20(18,19)16-11-5-4-9(13)6-10(11)14/h4-6,16H,14H2,1-3H3. The van der Waals surface area contributed by atoms with Crippen molar-refractivity contribution in [3.63, 3.8) is 0 Å². The van der Waals surface area contributed by atoms with Crippen molar-refractivity contribution >= 4 is 21.4 Å². The number of anilines is 2. The number of nitrogen functional groups attached to an aromatic ring is 1. The topological polar surface area (TPSA) is 90.0 Å². The molecule has 1 aromatic carbocycles. The van der Waals surface area contributed by atoms with Crippen molar-refractivity contribution in [1.82, 2.24) is 9.78 Å². The van der Waals surface area contributed by atoms with E-state index in [4.69, 9.17) is 5.73 Å². The molecule has 0 aliphatic rings. The molecule has 0 bridgehead atoms. The summed E-state index contributed by atoms with van der Waals surface area (Å²) in [5.41, 5.74) is 6.65. The van der Waals surface area contributed by atoms with Crippen LogP contribution in [0.1, 0.15) is 11.4 Å². The van der Waals surface area contributed by atoms with E-state index >= 15 is 0 Å². The molecule has 0 fully saturated rings. The fourth-order valence-corrected chi connectivity index (χ4v) is 3.49. The molecule has 0 aliphatic heterocycles. The second-order valence-electron chi connectivity index (χ2n) is 4.46. The number of nitrogens with zero attached hydrogens (tertiary/aromatic N) is 2. The van der Waals surface area contributed by atoms with Crippen LogP contribution in [0, 0.1) is 19.7 Å². The van der Waals surface area contributed by atoms with Gasteiger partial charge in [-0.3, -0.25) is 9.40 Å². The van der Waals surface area contributed by atoms with Gasteiger partial charge in [0, 0.05) is 7.05 Å². The number of rotatable bonds is 3. The number of aryl methyl sites for hydroxylation is 2. The van der Waals surface area contributed by atoms with E-state index in [2.05, 4.69) is 9.82 Å².